The maximum Gasteiger partial charge on any atom is 0.122 e. The second kappa shape index (κ2) is 11.2. The number of nitrogens with zero attached hydrogens (tertiary/aromatic N) is 1. The summed E-state index contributed by atoms with van der Waals surface area (Å²) in [6, 6.07) is 13.5. The van der Waals surface area contributed by atoms with E-state index >= 15 is 0 Å². The number of methoxy groups -OCH3 is 2. The molecule has 170 valence electrons. The lowest BCUT2D eigenvalue weighted by Crippen LogP contribution is -2.58. The van der Waals surface area contributed by atoms with Crippen LogP contribution in [0.25, 0.3) is 10.9 Å². The van der Waals surface area contributed by atoms with E-state index in [1.54, 1.807) is 20.4 Å². The van der Waals surface area contributed by atoms with Gasteiger partial charge in [-0.2, -0.15) is 0 Å². The van der Waals surface area contributed by atoms with Crippen LogP contribution in [0.2, 0.25) is 5.02 Å². The van der Waals surface area contributed by atoms with E-state index in [1.165, 1.54) is 0 Å². The van der Waals surface area contributed by atoms with E-state index in [0.29, 0.717) is 11.6 Å². The minimum atomic E-state index is -0.706. The molecule has 3 N–H and O–H groups in total. The van der Waals surface area contributed by atoms with Crippen LogP contribution in [0.4, 0.5) is 0 Å². The summed E-state index contributed by atoms with van der Waals surface area (Å²) in [5, 5.41) is 5.25. The molecule has 9 heteroatoms. The summed E-state index contributed by atoms with van der Waals surface area (Å²) in [5.74, 6) is 1.51. The third kappa shape index (κ3) is 6.06. The molecule has 1 unspecified atom stereocenters. The number of hydrogen-bond acceptors (Lipinski definition) is 5. The Kier molecular flexibility index (Phi) is 10.1. The number of pyridine rings is 1. The number of hydrogen-bond donors (Lipinski definition) is 2. The van der Waals surface area contributed by atoms with Gasteiger partial charge in [0.2, 0.25) is 0 Å². The standard InChI is InChI=1S/C22H25ClIN3O2.2ClH/c1-21(2,27-13-14-9-16(28-3)12-17(10-14)29-4)22(24,25)19-7-8-26-20-11-15(23)5-6-18(19)20;;/h5-12,27H,13,25H2,1-4H3;2*1H. The van der Waals surface area contributed by atoms with Crippen LogP contribution < -0.4 is 20.5 Å². The van der Waals surface area contributed by atoms with Gasteiger partial charge in [-0.1, -0.05) is 40.3 Å². The van der Waals surface area contributed by atoms with Gasteiger partial charge in [0.1, 0.15) is 15.0 Å². The molecule has 0 saturated heterocycles. The van der Waals surface area contributed by atoms with Crippen molar-refractivity contribution in [2.24, 2.45) is 5.73 Å². The molecular formula is C22H27Cl3IN3O2. The third-order valence-corrected chi connectivity index (χ3v) is 7.32. The molecule has 3 aromatic rings. The molecule has 31 heavy (non-hydrogen) atoms. The molecule has 1 heterocycles. The Morgan fingerprint density at radius 1 is 1.03 bits per heavy atom. The van der Waals surface area contributed by atoms with Gasteiger partial charge in [-0.25, -0.2) is 0 Å². The molecule has 5 nitrogen and oxygen atoms in total. The van der Waals surface area contributed by atoms with Crippen LogP contribution in [-0.4, -0.2) is 24.7 Å². The Morgan fingerprint density at radius 3 is 2.23 bits per heavy atom. The van der Waals surface area contributed by atoms with Crippen molar-refractivity contribution >= 4 is 69.9 Å². The largest absolute Gasteiger partial charge is 0.497 e. The molecule has 1 aromatic heterocycles. The first-order valence-corrected chi connectivity index (χ1v) is 10.6. The molecular weight excluding hydrogens is 572 g/mol. The van der Waals surface area contributed by atoms with Crippen molar-refractivity contribution in [1.29, 1.82) is 0 Å². The maximum atomic E-state index is 6.91. The molecule has 0 aliphatic carbocycles. The van der Waals surface area contributed by atoms with Gasteiger partial charge in [0.15, 0.2) is 0 Å². The Labute approximate surface area is 214 Å². The Hall–Kier alpha value is -1.03. The van der Waals surface area contributed by atoms with Gasteiger partial charge in [0, 0.05) is 34.8 Å². The van der Waals surface area contributed by atoms with Crippen molar-refractivity contribution in [3.05, 3.63) is 64.8 Å². The highest BCUT2D eigenvalue weighted by Crippen LogP contribution is 2.40. The number of halogens is 4. The normalized spacial score (nSPS) is 13.0. The van der Waals surface area contributed by atoms with Crippen LogP contribution in [0.5, 0.6) is 11.5 Å². The lowest BCUT2D eigenvalue weighted by Gasteiger charge is -2.41. The van der Waals surface area contributed by atoms with Gasteiger partial charge in [0.05, 0.1) is 19.7 Å². The molecule has 0 spiro atoms. The number of ether oxygens (including phenoxy) is 2. The van der Waals surface area contributed by atoms with Crippen LogP contribution in [-0.2, 0) is 10.1 Å². The zero-order valence-corrected chi connectivity index (χ0v) is 22.3. The number of fused-ring (bicyclic) bond motifs is 1. The molecule has 3 rings (SSSR count). The van der Waals surface area contributed by atoms with Gasteiger partial charge < -0.3 is 20.5 Å². The molecule has 0 aliphatic rings. The molecule has 0 saturated carbocycles. The fourth-order valence-corrected chi connectivity index (χ4v) is 4.02. The number of rotatable bonds is 7. The number of nitrogens with two attached hydrogens (primary N) is 1. The van der Waals surface area contributed by atoms with Crippen molar-refractivity contribution in [3.63, 3.8) is 0 Å². The van der Waals surface area contributed by atoms with E-state index < -0.39 is 9.08 Å². The Bertz CT molecular complexity index is 1010. The van der Waals surface area contributed by atoms with Crippen LogP contribution in [0.1, 0.15) is 25.0 Å². The predicted octanol–water partition coefficient (Wildman–Crippen LogP) is 5.86. The van der Waals surface area contributed by atoms with E-state index in [9.17, 15) is 0 Å². The second-order valence-electron chi connectivity index (χ2n) is 7.43. The predicted molar refractivity (Wildman–Crippen MR) is 142 cm³/mol. The summed E-state index contributed by atoms with van der Waals surface area (Å²) in [7, 11) is 3.29. The molecule has 0 aliphatic heterocycles. The van der Waals surface area contributed by atoms with Crippen LogP contribution in [0.3, 0.4) is 0 Å². The van der Waals surface area contributed by atoms with Gasteiger partial charge >= 0.3 is 0 Å². The van der Waals surface area contributed by atoms with E-state index in [1.807, 2.05) is 42.5 Å². The third-order valence-electron chi connectivity index (χ3n) is 5.15. The summed E-state index contributed by atoms with van der Waals surface area (Å²) in [6.07, 6.45) is 1.78. The van der Waals surface area contributed by atoms with Crippen LogP contribution >= 0.6 is 59.0 Å². The van der Waals surface area contributed by atoms with E-state index in [4.69, 9.17) is 26.8 Å². The fraction of sp³-hybridized carbons (Fsp3) is 0.318. The summed E-state index contributed by atoms with van der Waals surface area (Å²) in [4.78, 5) is 4.44. The first-order valence-electron chi connectivity index (χ1n) is 9.17. The van der Waals surface area contributed by atoms with Gasteiger partial charge in [0.25, 0.3) is 0 Å². The quantitative estimate of drug-likeness (QED) is 0.203. The number of aromatic nitrogens is 1. The Morgan fingerprint density at radius 2 is 1.65 bits per heavy atom. The lowest BCUT2D eigenvalue weighted by molar-refractivity contribution is 0.307. The average Bonchev–Trinajstić information content (AvgIpc) is 2.71. The van der Waals surface area contributed by atoms with Gasteiger partial charge in [-0.3, -0.25) is 4.98 Å². The van der Waals surface area contributed by atoms with Crippen LogP contribution in [0, 0.1) is 0 Å². The van der Waals surface area contributed by atoms with E-state index in [0.717, 1.165) is 33.5 Å². The van der Waals surface area contributed by atoms with Crippen molar-refractivity contribution < 1.29 is 9.47 Å². The first-order chi connectivity index (χ1) is 13.7. The first kappa shape index (κ1) is 28.0. The number of nitrogens with one attached hydrogen (secondary N) is 1. The second-order valence-corrected chi connectivity index (χ2v) is 9.57. The molecule has 0 amide bonds. The topological polar surface area (TPSA) is 69.4 Å². The van der Waals surface area contributed by atoms with Crippen molar-refractivity contribution in [2.45, 2.75) is 29.5 Å². The zero-order valence-electron chi connectivity index (χ0n) is 17.7. The van der Waals surface area contributed by atoms with Crippen LogP contribution in [0.15, 0.2) is 48.7 Å². The summed E-state index contributed by atoms with van der Waals surface area (Å²) in [5.41, 5.74) is 9.34. The SMILES string of the molecule is COc1cc(CNC(C)(C)C(N)(I)c2ccnc3cc(Cl)ccc23)cc(OC)c1.Cl.Cl. The minimum absolute atomic E-state index is 0. The highest BCUT2D eigenvalue weighted by molar-refractivity contribution is 14.1. The zero-order chi connectivity index (χ0) is 21.2. The fourth-order valence-electron chi connectivity index (χ4n) is 3.20. The monoisotopic (exact) mass is 597 g/mol. The lowest BCUT2D eigenvalue weighted by atomic mass is 9.87. The van der Waals surface area contributed by atoms with Crippen molar-refractivity contribution in [2.75, 3.05) is 14.2 Å². The molecule has 2 aromatic carbocycles. The number of benzene rings is 2. The Balaban J connectivity index is 0.00000240. The molecule has 1 atom stereocenters. The summed E-state index contributed by atoms with van der Waals surface area (Å²) < 4.78 is 10.0. The maximum absolute atomic E-state index is 6.91. The number of alkyl halides is 1. The summed E-state index contributed by atoms with van der Waals surface area (Å²) >= 11 is 8.45. The minimum Gasteiger partial charge on any atom is -0.497 e. The molecule has 0 radical (unpaired) electrons. The average molecular weight is 599 g/mol. The smallest absolute Gasteiger partial charge is 0.122 e. The van der Waals surface area contributed by atoms with Gasteiger partial charge in [-0.05, 0) is 55.3 Å². The van der Waals surface area contributed by atoms with E-state index in [-0.39, 0.29) is 24.8 Å². The highest BCUT2D eigenvalue weighted by atomic mass is 127. The van der Waals surface area contributed by atoms with Gasteiger partial charge in [-0.15, -0.1) is 24.8 Å². The molecule has 0 fully saturated rings. The van der Waals surface area contributed by atoms with Crippen molar-refractivity contribution in [3.8, 4) is 11.5 Å². The van der Waals surface area contributed by atoms with E-state index in [2.05, 4.69) is 46.7 Å². The molecule has 0 bridgehead atoms. The highest BCUT2D eigenvalue weighted by Gasteiger charge is 2.41. The van der Waals surface area contributed by atoms with Crippen molar-refractivity contribution in [1.82, 2.24) is 10.3 Å². The summed E-state index contributed by atoms with van der Waals surface area (Å²) in [6.45, 7) is 4.80.